The standard InChI is InChI=1S/C47H71ClN2O5/c1-30(2)40-35(51)27-47(29-50(26-25-49(9)10)24-20-31-11-13-32(48)14-12-31)23-17-34-33(41(40)47)15-16-37-45(34,7)21-18-36-44(5,6)38(19-22-46(36,37)8)55-39(52)28-43(3,4)42(53)54/h11-14,30,33-34,36-38H,15-29H2,1-10H3,(H,53,54). The van der Waals surface area contributed by atoms with Crippen LogP contribution < -0.4 is 0 Å². The first-order chi connectivity index (χ1) is 25.6. The van der Waals surface area contributed by atoms with Crippen LogP contribution in [0, 0.1) is 56.7 Å². The number of ketones is 1. The Morgan fingerprint density at radius 1 is 0.909 bits per heavy atom. The summed E-state index contributed by atoms with van der Waals surface area (Å²) in [6.07, 6.45) is 10.0. The van der Waals surface area contributed by atoms with Crippen molar-refractivity contribution < 1.29 is 24.2 Å². The number of likely N-dealkylation sites (N-methyl/N-ethyl adjacent to an activating group) is 1. The number of ether oxygens (including phenoxy) is 1. The zero-order valence-corrected chi connectivity index (χ0v) is 36.5. The molecule has 8 unspecified atom stereocenters. The number of Topliss-reactive ketones (excluding diaryl/α,β-unsaturated/α-hetero) is 1. The van der Waals surface area contributed by atoms with E-state index in [1.807, 2.05) is 12.1 Å². The van der Waals surface area contributed by atoms with E-state index in [0.717, 1.165) is 81.7 Å². The summed E-state index contributed by atoms with van der Waals surface area (Å²) >= 11 is 6.23. The van der Waals surface area contributed by atoms with Gasteiger partial charge in [-0.15, -0.1) is 0 Å². The fourth-order valence-corrected chi connectivity index (χ4v) is 13.5. The Bertz CT molecular complexity index is 1650. The highest BCUT2D eigenvalue weighted by molar-refractivity contribution is 6.30. The maximum absolute atomic E-state index is 14.2. The number of benzene rings is 1. The zero-order valence-electron chi connectivity index (χ0n) is 35.7. The minimum atomic E-state index is -1.15. The van der Waals surface area contributed by atoms with E-state index in [9.17, 15) is 19.5 Å². The number of nitrogens with zero attached hydrogens (tertiary/aromatic N) is 2. The van der Waals surface area contributed by atoms with E-state index in [-0.39, 0.29) is 40.1 Å². The van der Waals surface area contributed by atoms with Gasteiger partial charge < -0.3 is 19.6 Å². The van der Waals surface area contributed by atoms with Crippen molar-refractivity contribution >= 4 is 29.3 Å². The maximum atomic E-state index is 14.2. The number of carboxylic acids is 1. The van der Waals surface area contributed by atoms with E-state index in [1.54, 1.807) is 19.4 Å². The molecule has 7 nitrogen and oxygen atoms in total. The highest BCUT2D eigenvalue weighted by Crippen LogP contribution is 2.73. The summed E-state index contributed by atoms with van der Waals surface area (Å²) in [5.41, 5.74) is 2.89. The Morgan fingerprint density at radius 2 is 1.58 bits per heavy atom. The third-order valence-corrected chi connectivity index (χ3v) is 16.4. The van der Waals surface area contributed by atoms with Crippen molar-refractivity contribution in [3.05, 3.63) is 46.0 Å². The summed E-state index contributed by atoms with van der Waals surface area (Å²) in [6.45, 7) is 21.4. The minimum absolute atomic E-state index is 0.0897. The zero-order chi connectivity index (χ0) is 40.3. The Kier molecular flexibility index (Phi) is 12.0. The predicted octanol–water partition coefficient (Wildman–Crippen LogP) is 9.75. The molecule has 5 aliphatic rings. The third kappa shape index (κ3) is 7.86. The molecule has 0 aromatic heterocycles. The summed E-state index contributed by atoms with van der Waals surface area (Å²) < 4.78 is 6.19. The van der Waals surface area contributed by atoms with Crippen molar-refractivity contribution in [2.45, 2.75) is 132 Å². The van der Waals surface area contributed by atoms with Crippen LogP contribution in [0.15, 0.2) is 35.4 Å². The highest BCUT2D eigenvalue weighted by atomic mass is 35.5. The topological polar surface area (TPSA) is 87.2 Å². The third-order valence-electron chi connectivity index (χ3n) is 16.1. The molecule has 55 heavy (non-hydrogen) atoms. The van der Waals surface area contributed by atoms with E-state index in [0.29, 0.717) is 35.9 Å². The van der Waals surface area contributed by atoms with Gasteiger partial charge in [-0.05, 0) is 149 Å². The molecule has 8 heteroatoms. The molecule has 0 aliphatic heterocycles. The van der Waals surface area contributed by atoms with Gasteiger partial charge >= 0.3 is 11.9 Å². The summed E-state index contributed by atoms with van der Waals surface area (Å²) in [7, 11) is 4.31. The quantitative estimate of drug-likeness (QED) is 0.200. The van der Waals surface area contributed by atoms with Crippen LogP contribution in [0.4, 0.5) is 0 Å². The molecule has 8 atom stereocenters. The number of hydrogen-bond acceptors (Lipinski definition) is 6. The Balaban J connectivity index is 1.25. The van der Waals surface area contributed by atoms with Gasteiger partial charge in [-0.25, -0.2) is 0 Å². The van der Waals surface area contributed by atoms with Crippen molar-refractivity contribution in [1.82, 2.24) is 9.80 Å². The van der Waals surface area contributed by atoms with Crippen LogP contribution in [0.25, 0.3) is 0 Å². The molecule has 1 aromatic carbocycles. The lowest BCUT2D eigenvalue weighted by Crippen LogP contribution is -2.63. The SMILES string of the molecule is CC(C)C1=C2C3CCC4C(C)(CCC5C(C)(C)C(OC(=O)CC(C)(C)C(=O)O)CCC54C)C3CCC2(CN(CCc2ccc(Cl)cc2)CCN(C)C)CC1=O. The first kappa shape index (κ1) is 42.4. The number of aliphatic carboxylic acids is 1. The molecule has 0 heterocycles. The predicted molar refractivity (Wildman–Crippen MR) is 221 cm³/mol. The molecule has 4 fully saturated rings. The minimum Gasteiger partial charge on any atom is -0.481 e. The van der Waals surface area contributed by atoms with E-state index in [1.165, 1.54) is 18.4 Å². The van der Waals surface area contributed by atoms with E-state index < -0.39 is 17.4 Å². The lowest BCUT2D eigenvalue weighted by Gasteiger charge is -2.69. The van der Waals surface area contributed by atoms with E-state index >= 15 is 0 Å². The first-order valence-electron chi connectivity index (χ1n) is 21.5. The Morgan fingerprint density at radius 3 is 2.22 bits per heavy atom. The average molecular weight is 780 g/mol. The summed E-state index contributed by atoms with van der Waals surface area (Å²) in [6, 6.07) is 8.28. The molecule has 1 N–H and O–H groups in total. The number of fused-ring (bicyclic) bond motifs is 7. The molecular formula is C47H71ClN2O5. The van der Waals surface area contributed by atoms with Crippen LogP contribution >= 0.6 is 11.6 Å². The van der Waals surface area contributed by atoms with Gasteiger partial charge in [-0.2, -0.15) is 0 Å². The number of carbonyl (C=O) groups is 3. The Hall–Kier alpha value is -2.22. The van der Waals surface area contributed by atoms with Gasteiger partial charge in [0.15, 0.2) is 5.78 Å². The van der Waals surface area contributed by atoms with Gasteiger partial charge in [0.25, 0.3) is 0 Å². The fourth-order valence-electron chi connectivity index (χ4n) is 13.4. The lowest BCUT2D eigenvalue weighted by atomic mass is 9.36. The van der Waals surface area contributed by atoms with Crippen molar-refractivity contribution in [2.75, 3.05) is 40.3 Å². The van der Waals surface area contributed by atoms with Crippen molar-refractivity contribution in [3.8, 4) is 0 Å². The number of halogens is 1. The number of hydrogen-bond donors (Lipinski definition) is 1. The molecule has 5 aliphatic carbocycles. The highest BCUT2D eigenvalue weighted by Gasteiger charge is 2.66. The van der Waals surface area contributed by atoms with E-state index in [4.69, 9.17) is 16.3 Å². The second-order valence-electron chi connectivity index (χ2n) is 21.0. The largest absolute Gasteiger partial charge is 0.481 e. The van der Waals surface area contributed by atoms with Crippen LogP contribution in [0.2, 0.25) is 5.02 Å². The molecule has 0 bridgehead atoms. The van der Waals surface area contributed by atoms with E-state index in [2.05, 4.69) is 77.6 Å². The molecule has 306 valence electrons. The molecule has 4 saturated carbocycles. The van der Waals surface area contributed by atoms with Crippen LogP contribution in [-0.4, -0.2) is 79.0 Å². The molecule has 1 aromatic rings. The summed E-state index contributed by atoms with van der Waals surface area (Å²) in [4.78, 5) is 44.1. The Labute approximate surface area is 337 Å². The van der Waals surface area contributed by atoms with Crippen LogP contribution in [0.3, 0.4) is 0 Å². The van der Waals surface area contributed by atoms with Gasteiger partial charge in [0.1, 0.15) is 6.10 Å². The van der Waals surface area contributed by atoms with Gasteiger partial charge in [0.05, 0.1) is 11.8 Å². The van der Waals surface area contributed by atoms with Crippen molar-refractivity contribution in [2.24, 2.45) is 56.7 Å². The second kappa shape index (κ2) is 15.5. The molecular weight excluding hydrogens is 708 g/mol. The molecule has 0 radical (unpaired) electrons. The van der Waals surface area contributed by atoms with Gasteiger partial charge in [-0.1, -0.05) is 70.8 Å². The maximum Gasteiger partial charge on any atom is 0.309 e. The molecule has 0 saturated heterocycles. The number of carbonyl (C=O) groups excluding carboxylic acids is 2. The van der Waals surface area contributed by atoms with Crippen LogP contribution in [0.5, 0.6) is 0 Å². The number of rotatable bonds is 13. The number of carboxylic acid groups (broad SMARTS) is 1. The van der Waals surface area contributed by atoms with Crippen LogP contribution in [-0.2, 0) is 25.5 Å². The monoisotopic (exact) mass is 779 g/mol. The average Bonchev–Trinajstić information content (AvgIpc) is 3.39. The summed E-state index contributed by atoms with van der Waals surface area (Å²) in [5, 5.41) is 10.4. The van der Waals surface area contributed by atoms with Crippen molar-refractivity contribution in [3.63, 3.8) is 0 Å². The molecule has 0 spiro atoms. The normalized spacial score (nSPS) is 34.4. The fraction of sp³-hybridized carbons (Fsp3) is 0.766. The molecule has 6 rings (SSSR count). The van der Waals surface area contributed by atoms with Crippen LogP contribution in [0.1, 0.15) is 125 Å². The lowest BCUT2D eigenvalue weighted by molar-refractivity contribution is -0.214. The smallest absolute Gasteiger partial charge is 0.309 e. The second-order valence-corrected chi connectivity index (χ2v) is 21.4. The van der Waals surface area contributed by atoms with Gasteiger partial charge in [-0.3, -0.25) is 14.4 Å². The van der Waals surface area contributed by atoms with Crippen molar-refractivity contribution in [1.29, 1.82) is 0 Å². The number of allylic oxidation sites excluding steroid dienone is 1. The molecule has 0 amide bonds. The number of esters is 1. The van der Waals surface area contributed by atoms with Gasteiger partial charge in [0.2, 0.25) is 0 Å². The first-order valence-corrected chi connectivity index (χ1v) is 21.8. The van der Waals surface area contributed by atoms with Gasteiger partial charge in [0, 0.05) is 48.5 Å². The summed E-state index contributed by atoms with van der Waals surface area (Å²) in [5.74, 6) is 1.27.